The zero-order valence-electron chi connectivity index (χ0n) is 16.6. The number of hydrogen-bond acceptors (Lipinski definition) is 1. The Labute approximate surface area is 147 Å². The molecule has 140 valence electrons. The van der Waals surface area contributed by atoms with Gasteiger partial charge in [0, 0.05) is 0 Å². The molecular formula is C22H46O. The fourth-order valence-corrected chi connectivity index (χ4v) is 3.59. The lowest BCUT2D eigenvalue weighted by Gasteiger charge is -2.22. The number of aliphatic hydroxyl groups is 1. The zero-order valence-corrected chi connectivity index (χ0v) is 16.6. The van der Waals surface area contributed by atoms with Gasteiger partial charge in [-0.05, 0) is 25.2 Å². The van der Waals surface area contributed by atoms with Crippen LogP contribution in [0.1, 0.15) is 130 Å². The predicted octanol–water partition coefficient (Wildman–Crippen LogP) is 7.65. The van der Waals surface area contributed by atoms with Crippen molar-refractivity contribution in [3.05, 3.63) is 0 Å². The van der Waals surface area contributed by atoms with Crippen molar-refractivity contribution in [2.75, 3.05) is 0 Å². The molecule has 0 aromatic rings. The smallest absolute Gasteiger partial charge is 0.0565 e. The van der Waals surface area contributed by atoms with E-state index in [0.29, 0.717) is 5.92 Å². The molecule has 0 aliphatic heterocycles. The Kier molecular flexibility index (Phi) is 18.3. The van der Waals surface area contributed by atoms with Crippen molar-refractivity contribution in [3.8, 4) is 0 Å². The number of aliphatic hydroxyl groups excluding tert-OH is 1. The van der Waals surface area contributed by atoms with E-state index in [1.165, 1.54) is 103 Å². The van der Waals surface area contributed by atoms with Gasteiger partial charge in [0.2, 0.25) is 0 Å². The van der Waals surface area contributed by atoms with E-state index in [9.17, 15) is 5.11 Å². The average Bonchev–Trinajstić information content (AvgIpc) is 2.57. The highest BCUT2D eigenvalue weighted by Crippen LogP contribution is 2.23. The third kappa shape index (κ3) is 15.2. The fraction of sp³-hybridized carbons (Fsp3) is 1.00. The normalized spacial score (nSPS) is 14.1. The van der Waals surface area contributed by atoms with Crippen molar-refractivity contribution >= 4 is 0 Å². The summed E-state index contributed by atoms with van der Waals surface area (Å²) in [5.41, 5.74) is 0. The lowest BCUT2D eigenvalue weighted by atomic mass is 9.88. The first-order chi connectivity index (χ1) is 11.3. The molecule has 0 radical (unpaired) electrons. The largest absolute Gasteiger partial charge is 0.393 e. The molecule has 0 aromatic carbocycles. The molecule has 1 nitrogen and oxygen atoms in total. The highest BCUT2D eigenvalue weighted by Gasteiger charge is 2.16. The maximum Gasteiger partial charge on any atom is 0.0565 e. The topological polar surface area (TPSA) is 20.2 Å². The van der Waals surface area contributed by atoms with Gasteiger partial charge in [-0.15, -0.1) is 0 Å². The van der Waals surface area contributed by atoms with Crippen LogP contribution in [0.3, 0.4) is 0 Å². The van der Waals surface area contributed by atoms with Gasteiger partial charge in [-0.1, -0.05) is 111 Å². The molecule has 0 amide bonds. The van der Waals surface area contributed by atoms with Crippen molar-refractivity contribution in [2.24, 2.45) is 5.92 Å². The van der Waals surface area contributed by atoms with Gasteiger partial charge >= 0.3 is 0 Å². The van der Waals surface area contributed by atoms with Gasteiger partial charge in [-0.3, -0.25) is 0 Å². The number of rotatable bonds is 18. The van der Waals surface area contributed by atoms with Crippen LogP contribution in [0.25, 0.3) is 0 Å². The van der Waals surface area contributed by atoms with Gasteiger partial charge in [-0.25, -0.2) is 0 Å². The Hall–Kier alpha value is -0.0400. The van der Waals surface area contributed by atoms with Crippen molar-refractivity contribution < 1.29 is 5.11 Å². The van der Waals surface area contributed by atoms with Crippen LogP contribution in [-0.2, 0) is 0 Å². The SMILES string of the molecule is CCCCCCCCCCC(CCCCCCCC)C(O)CC. The summed E-state index contributed by atoms with van der Waals surface area (Å²) in [6.07, 6.45) is 22.7. The van der Waals surface area contributed by atoms with Crippen LogP contribution in [-0.4, -0.2) is 11.2 Å². The lowest BCUT2D eigenvalue weighted by Crippen LogP contribution is -2.19. The third-order valence-corrected chi connectivity index (χ3v) is 5.32. The molecule has 0 aliphatic rings. The van der Waals surface area contributed by atoms with Crippen LogP contribution in [0.15, 0.2) is 0 Å². The van der Waals surface area contributed by atoms with E-state index in [4.69, 9.17) is 0 Å². The molecule has 2 unspecified atom stereocenters. The first kappa shape index (κ1) is 23.0. The monoisotopic (exact) mass is 326 g/mol. The summed E-state index contributed by atoms with van der Waals surface area (Å²) in [7, 11) is 0. The first-order valence-electron chi connectivity index (χ1n) is 10.9. The van der Waals surface area contributed by atoms with Crippen LogP contribution in [0.4, 0.5) is 0 Å². The molecule has 23 heavy (non-hydrogen) atoms. The van der Waals surface area contributed by atoms with E-state index in [0.717, 1.165) is 6.42 Å². The molecule has 0 aliphatic carbocycles. The maximum atomic E-state index is 10.3. The molecule has 2 atom stereocenters. The minimum atomic E-state index is -0.0600. The summed E-state index contributed by atoms with van der Waals surface area (Å²) in [5.74, 6) is 0.561. The fourth-order valence-electron chi connectivity index (χ4n) is 3.59. The predicted molar refractivity (Wildman–Crippen MR) is 105 cm³/mol. The summed E-state index contributed by atoms with van der Waals surface area (Å²) in [6, 6.07) is 0. The van der Waals surface area contributed by atoms with Crippen LogP contribution < -0.4 is 0 Å². The molecule has 0 fully saturated rings. The molecule has 0 bridgehead atoms. The van der Waals surface area contributed by atoms with Crippen molar-refractivity contribution in [3.63, 3.8) is 0 Å². The molecule has 0 spiro atoms. The zero-order chi connectivity index (χ0) is 17.2. The van der Waals surface area contributed by atoms with Gasteiger partial charge in [-0.2, -0.15) is 0 Å². The Morgan fingerprint density at radius 3 is 1.22 bits per heavy atom. The van der Waals surface area contributed by atoms with E-state index in [1.54, 1.807) is 0 Å². The second-order valence-electron chi connectivity index (χ2n) is 7.56. The van der Waals surface area contributed by atoms with Crippen LogP contribution in [0, 0.1) is 5.92 Å². The summed E-state index contributed by atoms with van der Waals surface area (Å²) in [4.78, 5) is 0. The Morgan fingerprint density at radius 2 is 0.870 bits per heavy atom. The van der Waals surface area contributed by atoms with E-state index >= 15 is 0 Å². The molecule has 0 saturated heterocycles. The molecule has 0 aromatic heterocycles. The molecular weight excluding hydrogens is 280 g/mol. The van der Waals surface area contributed by atoms with Crippen molar-refractivity contribution in [1.29, 1.82) is 0 Å². The second-order valence-corrected chi connectivity index (χ2v) is 7.56. The van der Waals surface area contributed by atoms with Crippen LogP contribution in [0.2, 0.25) is 0 Å². The van der Waals surface area contributed by atoms with Gasteiger partial charge in [0.05, 0.1) is 6.10 Å². The Bertz CT molecular complexity index is 214. The number of hydrogen-bond donors (Lipinski definition) is 1. The number of unbranched alkanes of at least 4 members (excludes halogenated alkanes) is 12. The molecule has 1 N–H and O–H groups in total. The van der Waals surface area contributed by atoms with Crippen LogP contribution in [0.5, 0.6) is 0 Å². The lowest BCUT2D eigenvalue weighted by molar-refractivity contribution is 0.0901. The van der Waals surface area contributed by atoms with Gasteiger partial charge in [0.15, 0.2) is 0 Å². The highest BCUT2D eigenvalue weighted by molar-refractivity contribution is 4.68. The molecule has 0 rings (SSSR count). The van der Waals surface area contributed by atoms with Crippen molar-refractivity contribution in [1.82, 2.24) is 0 Å². The van der Waals surface area contributed by atoms with E-state index in [1.807, 2.05) is 0 Å². The van der Waals surface area contributed by atoms with Gasteiger partial charge < -0.3 is 5.11 Å². The molecule has 0 heterocycles. The summed E-state index contributed by atoms with van der Waals surface area (Å²) < 4.78 is 0. The van der Waals surface area contributed by atoms with Crippen molar-refractivity contribution in [2.45, 2.75) is 136 Å². The quantitative estimate of drug-likeness (QED) is 0.256. The minimum Gasteiger partial charge on any atom is -0.393 e. The Balaban J connectivity index is 3.63. The summed E-state index contributed by atoms with van der Waals surface area (Å²) >= 11 is 0. The standard InChI is InChI=1S/C22H46O/c1-4-7-9-11-13-14-16-18-20-21(22(23)6-3)19-17-15-12-10-8-5-2/h21-23H,4-20H2,1-3H3. The van der Waals surface area contributed by atoms with E-state index in [2.05, 4.69) is 20.8 Å². The van der Waals surface area contributed by atoms with Gasteiger partial charge in [0.1, 0.15) is 0 Å². The Morgan fingerprint density at radius 1 is 0.522 bits per heavy atom. The van der Waals surface area contributed by atoms with Crippen LogP contribution >= 0.6 is 0 Å². The molecule has 1 heteroatoms. The minimum absolute atomic E-state index is 0.0600. The summed E-state index contributed by atoms with van der Waals surface area (Å²) in [5, 5.41) is 10.3. The third-order valence-electron chi connectivity index (χ3n) is 5.32. The average molecular weight is 327 g/mol. The second kappa shape index (κ2) is 18.3. The summed E-state index contributed by atoms with van der Waals surface area (Å²) in [6.45, 7) is 6.69. The first-order valence-corrected chi connectivity index (χ1v) is 10.9. The van der Waals surface area contributed by atoms with E-state index < -0.39 is 0 Å². The van der Waals surface area contributed by atoms with E-state index in [-0.39, 0.29) is 6.10 Å². The molecule has 0 saturated carbocycles. The van der Waals surface area contributed by atoms with Gasteiger partial charge in [0.25, 0.3) is 0 Å². The maximum absolute atomic E-state index is 10.3. The highest BCUT2D eigenvalue weighted by atomic mass is 16.3.